The molecule has 2 aromatic carbocycles. The average Bonchev–Trinajstić information content (AvgIpc) is 3.17. The highest BCUT2D eigenvalue weighted by atomic mass is 16.5. The van der Waals surface area contributed by atoms with Crippen LogP contribution in [-0.2, 0) is 11.3 Å². The molecule has 0 aliphatic heterocycles. The molecule has 4 aliphatic rings. The topological polar surface area (TPSA) is 114 Å². The largest absolute Gasteiger partial charge is 0.478 e. The van der Waals surface area contributed by atoms with Crippen LogP contribution in [0.1, 0.15) is 81.8 Å². The maximum atomic E-state index is 13.6. The van der Waals surface area contributed by atoms with Crippen LogP contribution < -0.4 is 5.32 Å². The molecule has 0 spiro atoms. The second-order valence-corrected chi connectivity index (χ2v) is 12.0. The molecule has 1 aromatic heterocycles. The number of carboxylic acid groups (broad SMARTS) is 1. The van der Waals surface area contributed by atoms with E-state index in [1.54, 1.807) is 12.1 Å². The summed E-state index contributed by atoms with van der Waals surface area (Å²) in [5.41, 5.74) is 3.92. The Balaban J connectivity index is 1.38. The van der Waals surface area contributed by atoms with Gasteiger partial charge in [0.05, 0.1) is 23.5 Å². The third kappa shape index (κ3) is 4.61. The Morgan fingerprint density at radius 2 is 1.62 bits per heavy atom. The van der Waals surface area contributed by atoms with E-state index in [1.165, 1.54) is 31.4 Å². The van der Waals surface area contributed by atoms with Crippen molar-refractivity contribution in [2.45, 2.75) is 71.5 Å². The summed E-state index contributed by atoms with van der Waals surface area (Å²) < 4.78 is 7.49. The summed E-state index contributed by atoms with van der Waals surface area (Å²) in [6.07, 6.45) is 6.99. The fraction of sp³-hybridized carbons (Fsp3) is 0.452. The molecule has 39 heavy (non-hydrogen) atoms. The number of aromatic nitrogens is 2. The Hall–Kier alpha value is -3.65. The lowest BCUT2D eigenvalue weighted by Crippen LogP contribution is -2.51. The number of ether oxygens (including phenoxy) is 1. The Kier molecular flexibility index (Phi) is 6.25. The molecule has 4 saturated carbocycles. The third-order valence-corrected chi connectivity index (χ3v) is 8.95. The molecule has 204 valence electrons. The Bertz CT molecular complexity index is 1410. The van der Waals surface area contributed by atoms with E-state index in [-0.39, 0.29) is 35.0 Å². The van der Waals surface area contributed by atoms with Gasteiger partial charge in [0, 0.05) is 5.56 Å². The highest BCUT2D eigenvalue weighted by molar-refractivity contribution is 6.07. The van der Waals surface area contributed by atoms with Crippen molar-refractivity contribution < 1.29 is 24.6 Å². The van der Waals surface area contributed by atoms with Gasteiger partial charge in [-0.15, -0.1) is 0 Å². The fourth-order valence-corrected chi connectivity index (χ4v) is 7.87. The van der Waals surface area contributed by atoms with Crippen molar-refractivity contribution in [2.75, 3.05) is 5.32 Å². The number of nitrogens with one attached hydrogen (secondary N) is 1. The summed E-state index contributed by atoms with van der Waals surface area (Å²) in [6, 6.07) is 10.2. The number of carbonyl (C=O) groups excluding carboxylic acids is 1. The van der Waals surface area contributed by atoms with Gasteiger partial charge in [0.2, 0.25) is 0 Å². The van der Waals surface area contributed by atoms with Gasteiger partial charge in [0.25, 0.3) is 5.91 Å². The van der Waals surface area contributed by atoms with E-state index in [0.717, 1.165) is 46.2 Å². The lowest BCUT2D eigenvalue weighted by atomic mass is 9.54. The highest BCUT2D eigenvalue weighted by Gasteiger charge is 2.51. The quantitative estimate of drug-likeness (QED) is 0.317. The van der Waals surface area contributed by atoms with Crippen LogP contribution in [0.4, 0.5) is 5.69 Å². The van der Waals surface area contributed by atoms with Crippen molar-refractivity contribution >= 4 is 17.6 Å². The number of benzene rings is 2. The van der Waals surface area contributed by atoms with E-state index in [9.17, 15) is 19.9 Å². The number of aromatic carboxylic acids is 1. The minimum absolute atomic E-state index is 0.0355. The minimum Gasteiger partial charge on any atom is -0.478 e. The Morgan fingerprint density at radius 3 is 2.21 bits per heavy atom. The number of anilines is 1. The lowest BCUT2D eigenvalue weighted by molar-refractivity contribution is -0.169. The lowest BCUT2D eigenvalue weighted by Gasteiger charge is -2.56. The number of carbonyl (C=O) groups is 2. The highest BCUT2D eigenvalue weighted by Crippen LogP contribution is 2.57. The van der Waals surface area contributed by atoms with Crippen LogP contribution in [0.2, 0.25) is 0 Å². The van der Waals surface area contributed by atoms with Crippen LogP contribution in [0, 0.1) is 38.5 Å². The summed E-state index contributed by atoms with van der Waals surface area (Å²) in [6.45, 7) is 6.02. The van der Waals surface area contributed by atoms with Crippen molar-refractivity contribution in [1.29, 1.82) is 0 Å². The van der Waals surface area contributed by atoms with Crippen LogP contribution >= 0.6 is 0 Å². The maximum Gasteiger partial charge on any atom is 0.337 e. The molecular weight excluding hydrogens is 494 g/mol. The van der Waals surface area contributed by atoms with Gasteiger partial charge in [-0.3, -0.25) is 4.79 Å². The van der Waals surface area contributed by atoms with Crippen LogP contribution in [0.5, 0.6) is 0 Å². The van der Waals surface area contributed by atoms with Gasteiger partial charge >= 0.3 is 5.97 Å². The number of nitrogens with zero attached hydrogens (tertiary/aromatic N) is 2. The molecule has 4 aliphatic carbocycles. The zero-order valence-electron chi connectivity index (χ0n) is 22.7. The number of hydrogen-bond donors (Lipinski definition) is 3. The molecule has 4 bridgehead atoms. The summed E-state index contributed by atoms with van der Waals surface area (Å²) in [5.74, 6) is 0.587. The molecule has 3 aromatic rings. The van der Waals surface area contributed by atoms with Gasteiger partial charge in [-0.25, -0.2) is 9.78 Å². The molecule has 1 amide bonds. The molecule has 0 saturated heterocycles. The van der Waals surface area contributed by atoms with Gasteiger partial charge in [-0.05, 0) is 100 Å². The van der Waals surface area contributed by atoms with E-state index in [1.807, 2.05) is 32.9 Å². The Morgan fingerprint density at radius 1 is 1.03 bits per heavy atom. The number of rotatable bonds is 7. The molecule has 0 atom stereocenters. The standard InChI is InChI=1S/C31H35N3O5/c1-17-8-18(2)26(19(3)9-17)28-32-25(16-39-31-13-20-10-21(14-31)12-22(11-20)15-31)27(34(28)38)29(35)33-24-7-5-4-6-23(24)30(36)37/h4-9,20-22,38H,10-16H2,1-3H3,(H,33,35)(H,36,37). The smallest absolute Gasteiger partial charge is 0.337 e. The number of imidazole rings is 1. The van der Waals surface area contributed by atoms with E-state index >= 15 is 0 Å². The number of aryl methyl sites for hydroxylation is 3. The van der Waals surface area contributed by atoms with Gasteiger partial charge in [0.15, 0.2) is 11.5 Å². The first kappa shape index (κ1) is 25.6. The first-order valence-corrected chi connectivity index (χ1v) is 13.8. The minimum atomic E-state index is -1.15. The second kappa shape index (κ2) is 9.52. The molecule has 4 fully saturated rings. The summed E-state index contributed by atoms with van der Waals surface area (Å²) in [7, 11) is 0. The summed E-state index contributed by atoms with van der Waals surface area (Å²) in [5, 5.41) is 23.7. The predicted octanol–water partition coefficient (Wildman–Crippen LogP) is 6.15. The first-order valence-electron chi connectivity index (χ1n) is 13.8. The van der Waals surface area contributed by atoms with E-state index in [4.69, 9.17) is 9.72 Å². The zero-order valence-corrected chi connectivity index (χ0v) is 22.7. The van der Waals surface area contributed by atoms with E-state index in [2.05, 4.69) is 5.32 Å². The van der Waals surface area contributed by atoms with Crippen LogP contribution in [0.25, 0.3) is 11.4 Å². The Labute approximate surface area is 228 Å². The molecule has 8 heteroatoms. The first-order chi connectivity index (χ1) is 18.6. The van der Waals surface area contributed by atoms with Crippen LogP contribution in [-0.4, -0.2) is 37.5 Å². The normalized spacial score (nSPS) is 25.2. The monoisotopic (exact) mass is 529 g/mol. The molecular formula is C31H35N3O5. The molecule has 0 unspecified atom stereocenters. The molecule has 7 rings (SSSR count). The fourth-order valence-electron chi connectivity index (χ4n) is 7.87. The van der Waals surface area contributed by atoms with Crippen LogP contribution in [0.3, 0.4) is 0 Å². The van der Waals surface area contributed by atoms with Crippen molar-refractivity contribution in [1.82, 2.24) is 9.71 Å². The van der Waals surface area contributed by atoms with E-state index < -0.39 is 11.9 Å². The molecule has 3 N–H and O–H groups in total. The van der Waals surface area contributed by atoms with Crippen LogP contribution in [0.15, 0.2) is 36.4 Å². The van der Waals surface area contributed by atoms with Crippen molar-refractivity contribution in [2.24, 2.45) is 17.8 Å². The summed E-state index contributed by atoms with van der Waals surface area (Å²) >= 11 is 0. The number of amides is 1. The van der Waals surface area contributed by atoms with Gasteiger partial charge in [0.1, 0.15) is 5.69 Å². The zero-order chi connectivity index (χ0) is 27.5. The number of hydrogen-bond acceptors (Lipinski definition) is 5. The number of carboxylic acids is 1. The van der Waals surface area contributed by atoms with Crippen molar-refractivity contribution in [3.8, 4) is 11.4 Å². The SMILES string of the molecule is Cc1cc(C)c(-c2nc(COC34CC5CC(CC(C5)C3)C4)c(C(=O)Nc3ccccc3C(=O)O)n2O)c(C)c1. The predicted molar refractivity (Wildman–Crippen MR) is 146 cm³/mol. The van der Waals surface area contributed by atoms with Gasteiger partial charge in [-0.2, -0.15) is 4.73 Å². The van der Waals surface area contributed by atoms with Crippen molar-refractivity contribution in [3.05, 3.63) is 70.0 Å². The maximum absolute atomic E-state index is 13.6. The molecule has 0 radical (unpaired) electrons. The van der Waals surface area contributed by atoms with Gasteiger partial charge in [-0.1, -0.05) is 29.8 Å². The number of para-hydroxylation sites is 1. The average molecular weight is 530 g/mol. The second-order valence-electron chi connectivity index (χ2n) is 12.0. The molecule has 8 nitrogen and oxygen atoms in total. The summed E-state index contributed by atoms with van der Waals surface area (Å²) in [4.78, 5) is 30.2. The third-order valence-electron chi connectivity index (χ3n) is 8.95. The van der Waals surface area contributed by atoms with Gasteiger partial charge < -0.3 is 20.4 Å². The van der Waals surface area contributed by atoms with Crippen molar-refractivity contribution in [3.63, 3.8) is 0 Å². The molecule has 1 heterocycles. The van der Waals surface area contributed by atoms with E-state index in [0.29, 0.717) is 23.4 Å².